The molecule has 0 aliphatic carbocycles. The summed E-state index contributed by atoms with van der Waals surface area (Å²) in [5, 5.41) is 5.50. The van der Waals surface area contributed by atoms with Crippen LogP contribution < -0.4 is 14.2 Å². The Hall–Kier alpha value is -4.43. The summed E-state index contributed by atoms with van der Waals surface area (Å²) < 4.78 is 61.7. The fraction of sp³-hybridized carbons (Fsp3) is 0.194. The van der Waals surface area contributed by atoms with Gasteiger partial charge in [-0.2, -0.15) is 13.1 Å². The van der Waals surface area contributed by atoms with Gasteiger partial charge in [0.15, 0.2) is 0 Å². The molecule has 0 bridgehead atoms. The number of carbonyl (C=O) groups excluding carboxylic acids is 1. The van der Waals surface area contributed by atoms with Gasteiger partial charge in [0, 0.05) is 72.5 Å². The second-order valence-electron chi connectivity index (χ2n) is 10.3. The predicted octanol–water partition coefficient (Wildman–Crippen LogP) is 2.87. The third kappa shape index (κ3) is 6.26. The molecule has 6 rings (SSSR count). The monoisotopic (exact) mass is 631 g/mol. The zero-order valence-corrected chi connectivity index (χ0v) is 25.1. The molecule has 1 fully saturated rings. The van der Waals surface area contributed by atoms with Crippen molar-refractivity contribution in [1.82, 2.24) is 24.9 Å². The second kappa shape index (κ2) is 12.3. The van der Waals surface area contributed by atoms with Crippen LogP contribution in [0.1, 0.15) is 5.56 Å². The van der Waals surface area contributed by atoms with E-state index in [1.807, 2.05) is 0 Å². The number of nitrogens with zero attached hydrogens (tertiary/aromatic N) is 3. The smallest absolute Gasteiger partial charge is 0.339 e. The van der Waals surface area contributed by atoms with Crippen molar-refractivity contribution in [3.63, 3.8) is 0 Å². The zero-order chi connectivity index (χ0) is 30.7. The minimum Gasteiger partial charge on any atom is -0.379 e. The van der Waals surface area contributed by atoms with Crippen molar-refractivity contribution in [3.8, 4) is 5.75 Å². The third-order valence-corrected chi connectivity index (χ3v) is 10.3. The Bertz CT molecular complexity index is 2040. The van der Waals surface area contributed by atoms with Crippen LogP contribution in [-0.2, 0) is 31.4 Å². The lowest BCUT2D eigenvalue weighted by molar-refractivity contribution is -0.133. The zero-order valence-electron chi connectivity index (χ0n) is 23.5. The van der Waals surface area contributed by atoms with E-state index >= 15 is 0 Å². The van der Waals surface area contributed by atoms with Crippen molar-refractivity contribution in [1.29, 1.82) is 0 Å². The molecule has 44 heavy (non-hydrogen) atoms. The molecule has 1 unspecified atom stereocenters. The first-order chi connectivity index (χ1) is 21.2. The molecule has 5 aromatic rings. The van der Waals surface area contributed by atoms with E-state index in [2.05, 4.69) is 20.0 Å². The van der Waals surface area contributed by atoms with Gasteiger partial charge in [0.05, 0.1) is 4.90 Å². The number of aromatic nitrogens is 2. The number of hydrogen-bond donors (Lipinski definition) is 2. The minimum atomic E-state index is -4.17. The lowest BCUT2D eigenvalue weighted by Crippen LogP contribution is -2.54. The van der Waals surface area contributed by atoms with Crippen LogP contribution in [0.4, 0.5) is 0 Å². The van der Waals surface area contributed by atoms with Crippen LogP contribution in [0.15, 0.2) is 107 Å². The highest BCUT2D eigenvalue weighted by molar-refractivity contribution is 7.89. The number of carbonyl (C=O) groups is 1. The Balaban J connectivity index is 1.25. The molecule has 1 saturated heterocycles. The normalized spacial score (nSPS) is 14.9. The molecule has 3 heterocycles. The van der Waals surface area contributed by atoms with Crippen molar-refractivity contribution < 1.29 is 25.8 Å². The van der Waals surface area contributed by atoms with Gasteiger partial charge in [-0.05, 0) is 48.4 Å². The molecule has 3 aromatic carbocycles. The minimum absolute atomic E-state index is 0.0155. The number of pyridine rings is 2. The highest BCUT2D eigenvalue weighted by atomic mass is 32.2. The molecular formula is C31H29N5O6S2. The maximum absolute atomic E-state index is 13.7. The molecule has 1 aliphatic rings. The lowest BCUT2D eigenvalue weighted by Gasteiger charge is -2.31. The summed E-state index contributed by atoms with van der Waals surface area (Å²) in [5.41, 5.74) is 0.615. The predicted molar refractivity (Wildman–Crippen MR) is 165 cm³/mol. The second-order valence-corrected chi connectivity index (χ2v) is 13.5. The third-order valence-electron chi connectivity index (χ3n) is 7.43. The van der Waals surface area contributed by atoms with Crippen LogP contribution in [0, 0.1) is 0 Å². The number of piperazine rings is 1. The number of hydrogen-bond acceptors (Lipinski definition) is 9. The van der Waals surface area contributed by atoms with E-state index < -0.39 is 26.2 Å². The number of rotatable bonds is 9. The van der Waals surface area contributed by atoms with Crippen LogP contribution in [0.5, 0.6) is 5.75 Å². The Labute approximate surface area is 255 Å². The van der Waals surface area contributed by atoms with Gasteiger partial charge in [-0.25, -0.2) is 8.42 Å². The van der Waals surface area contributed by atoms with Crippen molar-refractivity contribution in [3.05, 3.63) is 103 Å². The van der Waals surface area contributed by atoms with Gasteiger partial charge in [0.2, 0.25) is 15.9 Å². The molecule has 1 atom stereocenters. The summed E-state index contributed by atoms with van der Waals surface area (Å²) in [6.07, 6.45) is 6.23. The van der Waals surface area contributed by atoms with E-state index in [9.17, 15) is 21.6 Å². The number of nitrogens with one attached hydrogen (secondary N) is 2. The molecule has 2 aromatic heterocycles. The standard InChI is InChI=1S/C31H29N5O6S2/c37-31(36-17-15-32-16-18-36)28(35-43(38,39)29-5-1-3-23-20-33-13-11-26(23)29)19-22-7-9-25(10-8-22)42-44(40,41)30-6-2-4-24-21-34-14-12-27(24)30/h1-14,20-21,28,32,35H,15-19H2. The summed E-state index contributed by atoms with van der Waals surface area (Å²) >= 11 is 0. The Morgan fingerprint density at radius 2 is 1.41 bits per heavy atom. The SMILES string of the molecule is O=C(C(Cc1ccc(OS(=O)(=O)c2cccc3cnccc23)cc1)NS(=O)(=O)c1cccc2cnccc12)N1CCNCC1. The van der Waals surface area contributed by atoms with Gasteiger partial charge < -0.3 is 14.4 Å². The molecule has 2 N–H and O–H groups in total. The van der Waals surface area contributed by atoms with Crippen LogP contribution in [0.25, 0.3) is 21.5 Å². The Kier molecular flexibility index (Phi) is 8.27. The molecule has 0 radical (unpaired) electrons. The molecule has 1 amide bonds. The number of amides is 1. The first-order valence-corrected chi connectivity index (χ1v) is 16.8. The molecule has 13 heteroatoms. The fourth-order valence-corrected chi connectivity index (χ4v) is 7.84. The van der Waals surface area contributed by atoms with Gasteiger partial charge in [-0.1, -0.05) is 36.4 Å². The molecule has 0 saturated carbocycles. The van der Waals surface area contributed by atoms with Crippen molar-refractivity contribution in [2.45, 2.75) is 22.3 Å². The molecule has 1 aliphatic heterocycles. The van der Waals surface area contributed by atoms with Crippen LogP contribution >= 0.6 is 0 Å². The average Bonchev–Trinajstić information content (AvgIpc) is 3.04. The summed E-state index contributed by atoms with van der Waals surface area (Å²) in [5.74, 6) is -0.264. The van der Waals surface area contributed by atoms with E-state index in [1.165, 1.54) is 36.7 Å². The highest BCUT2D eigenvalue weighted by Gasteiger charge is 2.31. The van der Waals surface area contributed by atoms with E-state index in [1.54, 1.807) is 65.8 Å². The first kappa shape index (κ1) is 29.6. The maximum Gasteiger partial charge on any atom is 0.339 e. The van der Waals surface area contributed by atoms with Crippen molar-refractivity contribution in [2.24, 2.45) is 0 Å². The fourth-order valence-electron chi connectivity index (χ4n) is 5.26. The van der Waals surface area contributed by atoms with Crippen molar-refractivity contribution in [2.75, 3.05) is 26.2 Å². The Morgan fingerprint density at radius 1 is 0.818 bits per heavy atom. The Morgan fingerprint density at radius 3 is 2.05 bits per heavy atom. The van der Waals surface area contributed by atoms with Gasteiger partial charge in [0.25, 0.3) is 0 Å². The summed E-state index contributed by atoms with van der Waals surface area (Å²) in [6.45, 7) is 2.11. The van der Waals surface area contributed by atoms with E-state index in [4.69, 9.17) is 4.18 Å². The molecular weight excluding hydrogens is 603 g/mol. The molecule has 0 spiro atoms. The molecule has 226 valence electrons. The average molecular weight is 632 g/mol. The summed E-state index contributed by atoms with van der Waals surface area (Å²) in [6, 6.07) is 18.1. The lowest BCUT2D eigenvalue weighted by atomic mass is 10.1. The first-order valence-electron chi connectivity index (χ1n) is 13.9. The quantitative estimate of drug-likeness (QED) is 0.234. The number of sulfonamides is 1. The summed E-state index contributed by atoms with van der Waals surface area (Å²) in [4.78, 5) is 23.5. The van der Waals surface area contributed by atoms with E-state index in [0.717, 1.165) is 0 Å². The maximum atomic E-state index is 13.7. The van der Waals surface area contributed by atoms with Gasteiger partial charge >= 0.3 is 10.1 Å². The van der Waals surface area contributed by atoms with Gasteiger partial charge in [-0.15, -0.1) is 0 Å². The van der Waals surface area contributed by atoms with Crippen LogP contribution in [0.3, 0.4) is 0 Å². The topological polar surface area (TPSA) is 148 Å². The number of benzene rings is 3. The van der Waals surface area contributed by atoms with Gasteiger partial charge in [-0.3, -0.25) is 14.8 Å². The van der Waals surface area contributed by atoms with Gasteiger partial charge in [0.1, 0.15) is 16.7 Å². The number of fused-ring (bicyclic) bond motifs is 2. The van der Waals surface area contributed by atoms with E-state index in [-0.39, 0.29) is 27.9 Å². The van der Waals surface area contributed by atoms with Crippen LogP contribution in [-0.4, -0.2) is 69.8 Å². The summed E-state index contributed by atoms with van der Waals surface area (Å²) in [7, 11) is -8.29. The molecule has 11 nitrogen and oxygen atoms in total. The highest BCUT2D eigenvalue weighted by Crippen LogP contribution is 2.27. The van der Waals surface area contributed by atoms with E-state index in [0.29, 0.717) is 53.3 Å². The largest absolute Gasteiger partial charge is 0.379 e. The van der Waals surface area contributed by atoms with Crippen LogP contribution in [0.2, 0.25) is 0 Å². The van der Waals surface area contributed by atoms with Crippen molar-refractivity contribution >= 4 is 47.6 Å².